The summed E-state index contributed by atoms with van der Waals surface area (Å²) in [5, 5.41) is 0. The van der Waals surface area contributed by atoms with Crippen LogP contribution < -0.4 is 0 Å². The monoisotopic (exact) mass is 265 g/mol. The number of hydrogen-bond donors (Lipinski definition) is 0. The molecule has 0 bridgehead atoms. The van der Waals surface area contributed by atoms with Crippen molar-refractivity contribution in [3.63, 3.8) is 0 Å². The van der Waals surface area contributed by atoms with Gasteiger partial charge in [-0.2, -0.15) is 0 Å². The minimum Gasteiger partial charge on any atom is -0.306 e. The minimum absolute atomic E-state index is 0.987. The van der Waals surface area contributed by atoms with Crippen LogP contribution in [0.1, 0.15) is 38.5 Å². The Morgan fingerprint density at radius 2 is 1.53 bits per heavy atom. The van der Waals surface area contributed by atoms with Gasteiger partial charge in [-0.15, -0.1) is 0 Å². The fraction of sp³-hybridized carbons (Fsp3) is 1.00. The molecule has 3 heterocycles. The number of hydrogen-bond acceptors (Lipinski definition) is 3. The first-order chi connectivity index (χ1) is 9.29. The summed E-state index contributed by atoms with van der Waals surface area (Å²) in [6, 6.07) is 0. The van der Waals surface area contributed by atoms with E-state index in [9.17, 15) is 0 Å². The molecule has 0 aliphatic carbocycles. The van der Waals surface area contributed by atoms with Crippen molar-refractivity contribution < 1.29 is 0 Å². The first-order valence-corrected chi connectivity index (χ1v) is 8.43. The predicted octanol–water partition coefficient (Wildman–Crippen LogP) is 2.09. The molecule has 2 atom stereocenters. The van der Waals surface area contributed by atoms with Crippen LogP contribution in [0, 0.1) is 11.8 Å². The zero-order valence-electron chi connectivity index (χ0n) is 12.7. The zero-order chi connectivity index (χ0) is 13.1. The Morgan fingerprint density at radius 3 is 2.26 bits per heavy atom. The summed E-state index contributed by atoms with van der Waals surface area (Å²) in [6.07, 6.45) is 8.68. The second kappa shape index (κ2) is 6.55. The molecule has 3 fully saturated rings. The lowest BCUT2D eigenvalue weighted by Crippen LogP contribution is -2.39. The predicted molar refractivity (Wildman–Crippen MR) is 80.2 cm³/mol. The average Bonchev–Trinajstić information content (AvgIpc) is 3.01. The lowest BCUT2D eigenvalue weighted by molar-refractivity contribution is 0.127. The molecular weight excluding hydrogens is 234 g/mol. The lowest BCUT2D eigenvalue weighted by atomic mass is 9.93. The van der Waals surface area contributed by atoms with Crippen LogP contribution in [-0.2, 0) is 0 Å². The third-order valence-corrected chi connectivity index (χ3v) is 5.37. The van der Waals surface area contributed by atoms with Gasteiger partial charge in [0.15, 0.2) is 0 Å². The average molecular weight is 265 g/mol. The third kappa shape index (κ3) is 3.93. The molecule has 0 aromatic carbocycles. The van der Waals surface area contributed by atoms with Crippen LogP contribution >= 0.6 is 0 Å². The highest BCUT2D eigenvalue weighted by Gasteiger charge is 2.28. The Morgan fingerprint density at radius 1 is 0.789 bits per heavy atom. The van der Waals surface area contributed by atoms with Gasteiger partial charge in [-0.05, 0) is 77.2 Å². The van der Waals surface area contributed by atoms with Crippen LogP contribution in [-0.4, -0.2) is 67.7 Å². The van der Waals surface area contributed by atoms with Crippen molar-refractivity contribution in [3.8, 4) is 0 Å². The quantitative estimate of drug-likeness (QED) is 0.771. The first kappa shape index (κ1) is 13.8. The van der Waals surface area contributed by atoms with E-state index in [0.29, 0.717) is 0 Å². The van der Waals surface area contributed by atoms with Crippen molar-refractivity contribution in [2.24, 2.45) is 11.8 Å². The Labute approximate surface area is 118 Å². The largest absolute Gasteiger partial charge is 0.306 e. The van der Waals surface area contributed by atoms with Gasteiger partial charge in [-0.3, -0.25) is 9.80 Å². The molecule has 3 heteroatoms. The Kier molecular flexibility index (Phi) is 4.78. The maximum Gasteiger partial charge on any atom is 0.0506 e. The fourth-order valence-electron chi connectivity index (χ4n) is 4.31. The van der Waals surface area contributed by atoms with Crippen LogP contribution in [0.15, 0.2) is 0 Å². The molecule has 0 amide bonds. The third-order valence-electron chi connectivity index (χ3n) is 5.37. The second-order valence-electron chi connectivity index (χ2n) is 7.20. The van der Waals surface area contributed by atoms with Gasteiger partial charge in [-0.25, -0.2) is 0 Å². The molecule has 3 saturated heterocycles. The van der Waals surface area contributed by atoms with E-state index < -0.39 is 0 Å². The maximum atomic E-state index is 2.72. The van der Waals surface area contributed by atoms with E-state index in [1.54, 1.807) is 0 Å². The van der Waals surface area contributed by atoms with Gasteiger partial charge in [0.25, 0.3) is 0 Å². The highest BCUT2D eigenvalue weighted by Crippen LogP contribution is 2.28. The first-order valence-electron chi connectivity index (χ1n) is 8.43. The summed E-state index contributed by atoms with van der Waals surface area (Å²) in [5.41, 5.74) is 0. The summed E-state index contributed by atoms with van der Waals surface area (Å²) in [5.74, 6) is 1.98. The van der Waals surface area contributed by atoms with Crippen molar-refractivity contribution in [1.82, 2.24) is 14.7 Å². The zero-order valence-corrected chi connectivity index (χ0v) is 12.7. The van der Waals surface area contributed by atoms with E-state index in [-0.39, 0.29) is 0 Å². The van der Waals surface area contributed by atoms with Crippen LogP contribution in [0.2, 0.25) is 0 Å². The molecule has 0 aromatic heterocycles. The number of rotatable bonds is 4. The molecule has 0 radical (unpaired) electrons. The summed E-state index contributed by atoms with van der Waals surface area (Å²) in [7, 11) is 2.28. The van der Waals surface area contributed by atoms with E-state index in [0.717, 1.165) is 11.8 Å². The van der Waals surface area contributed by atoms with Crippen molar-refractivity contribution in [1.29, 1.82) is 0 Å². The van der Waals surface area contributed by atoms with Gasteiger partial charge >= 0.3 is 0 Å². The maximum absolute atomic E-state index is 2.72. The summed E-state index contributed by atoms with van der Waals surface area (Å²) in [6.45, 7) is 9.34. The minimum atomic E-state index is 0.987. The van der Waals surface area contributed by atoms with Gasteiger partial charge in [-0.1, -0.05) is 6.42 Å². The molecule has 2 unspecified atom stereocenters. The van der Waals surface area contributed by atoms with E-state index in [2.05, 4.69) is 21.7 Å². The molecule has 3 rings (SSSR count). The molecule has 110 valence electrons. The van der Waals surface area contributed by atoms with Gasteiger partial charge < -0.3 is 4.90 Å². The highest BCUT2D eigenvalue weighted by molar-refractivity contribution is 4.82. The molecule has 19 heavy (non-hydrogen) atoms. The molecule has 3 nitrogen and oxygen atoms in total. The normalized spacial score (nSPS) is 35.2. The Bertz CT molecular complexity index is 262. The van der Waals surface area contributed by atoms with Crippen LogP contribution in [0.5, 0.6) is 0 Å². The van der Waals surface area contributed by atoms with Gasteiger partial charge in [0.1, 0.15) is 0 Å². The van der Waals surface area contributed by atoms with Gasteiger partial charge in [0.05, 0.1) is 6.67 Å². The molecule has 3 aliphatic rings. The van der Waals surface area contributed by atoms with E-state index >= 15 is 0 Å². The van der Waals surface area contributed by atoms with Gasteiger partial charge in [0.2, 0.25) is 0 Å². The Hall–Kier alpha value is -0.120. The summed E-state index contributed by atoms with van der Waals surface area (Å²) in [4.78, 5) is 7.90. The molecule has 0 aromatic rings. The SMILES string of the molecule is CN1CCC(CC2CCN(CN3CCCCC3)C2)C1. The fourth-order valence-corrected chi connectivity index (χ4v) is 4.31. The molecule has 0 saturated carbocycles. The van der Waals surface area contributed by atoms with Crippen molar-refractivity contribution in [2.45, 2.75) is 38.5 Å². The second-order valence-corrected chi connectivity index (χ2v) is 7.20. The lowest BCUT2D eigenvalue weighted by Gasteiger charge is -2.30. The smallest absolute Gasteiger partial charge is 0.0506 e. The molecule has 0 spiro atoms. The molecule has 0 N–H and O–H groups in total. The summed E-state index contributed by atoms with van der Waals surface area (Å²) < 4.78 is 0. The van der Waals surface area contributed by atoms with E-state index in [1.165, 1.54) is 84.5 Å². The van der Waals surface area contributed by atoms with Crippen molar-refractivity contribution in [2.75, 3.05) is 53.0 Å². The van der Waals surface area contributed by atoms with Gasteiger partial charge in [0, 0.05) is 13.1 Å². The number of piperidine rings is 1. The van der Waals surface area contributed by atoms with E-state index in [1.807, 2.05) is 0 Å². The van der Waals surface area contributed by atoms with Crippen LogP contribution in [0.25, 0.3) is 0 Å². The topological polar surface area (TPSA) is 9.72 Å². The van der Waals surface area contributed by atoms with Crippen molar-refractivity contribution in [3.05, 3.63) is 0 Å². The standard InChI is InChI=1S/C16H31N3/c1-17-9-5-15(12-17)11-16-6-10-19(13-16)14-18-7-3-2-4-8-18/h15-16H,2-14H2,1H3. The highest BCUT2D eigenvalue weighted by atomic mass is 15.3. The van der Waals surface area contributed by atoms with Crippen LogP contribution in [0.4, 0.5) is 0 Å². The Balaban J connectivity index is 1.37. The summed E-state index contributed by atoms with van der Waals surface area (Å²) >= 11 is 0. The molecular formula is C16H31N3. The molecule has 3 aliphatic heterocycles. The number of nitrogens with zero attached hydrogens (tertiary/aromatic N) is 3. The van der Waals surface area contributed by atoms with Crippen LogP contribution in [0.3, 0.4) is 0 Å². The van der Waals surface area contributed by atoms with E-state index in [4.69, 9.17) is 0 Å². The number of likely N-dealkylation sites (tertiary alicyclic amines) is 3. The van der Waals surface area contributed by atoms with Crippen molar-refractivity contribution >= 4 is 0 Å².